The number of rotatable bonds is 3. The Labute approximate surface area is 146 Å². The van der Waals surface area contributed by atoms with Crippen LogP contribution in [0.5, 0.6) is 11.5 Å². The SMILES string of the molecule is Cl.Cl.FC1(F)Oc2cccc([C@H](C3CC3)N3CCNCC3)c2O1. The zero-order valence-electron chi connectivity index (χ0n) is 12.5. The summed E-state index contributed by atoms with van der Waals surface area (Å²) in [4.78, 5) is 2.38. The first-order chi connectivity index (χ1) is 10.1. The van der Waals surface area contributed by atoms with Gasteiger partial charge < -0.3 is 14.8 Å². The normalized spacial score (nSPS) is 23.6. The molecule has 0 aromatic heterocycles. The van der Waals surface area contributed by atoms with Gasteiger partial charge in [0.2, 0.25) is 0 Å². The van der Waals surface area contributed by atoms with Crippen LogP contribution >= 0.6 is 24.8 Å². The fraction of sp³-hybridized carbons (Fsp3) is 0.600. The highest BCUT2D eigenvalue weighted by Crippen LogP contribution is 2.52. The van der Waals surface area contributed by atoms with Crippen molar-refractivity contribution in [3.63, 3.8) is 0 Å². The van der Waals surface area contributed by atoms with Gasteiger partial charge in [0, 0.05) is 37.8 Å². The van der Waals surface area contributed by atoms with Crippen molar-refractivity contribution < 1.29 is 18.3 Å². The van der Waals surface area contributed by atoms with Crippen molar-refractivity contribution >= 4 is 24.8 Å². The molecule has 130 valence electrons. The van der Waals surface area contributed by atoms with E-state index < -0.39 is 6.29 Å². The Balaban J connectivity index is 0.000000960. The number of benzene rings is 1. The van der Waals surface area contributed by atoms with Gasteiger partial charge in [0.15, 0.2) is 11.5 Å². The number of hydrogen-bond acceptors (Lipinski definition) is 4. The summed E-state index contributed by atoms with van der Waals surface area (Å²) in [6.07, 6.45) is -1.25. The van der Waals surface area contributed by atoms with Crippen molar-refractivity contribution in [2.45, 2.75) is 25.2 Å². The molecular formula is C15H20Cl2F2N2O2. The van der Waals surface area contributed by atoms with Crippen LogP contribution < -0.4 is 14.8 Å². The van der Waals surface area contributed by atoms with Gasteiger partial charge in [-0.15, -0.1) is 33.6 Å². The summed E-state index contributed by atoms with van der Waals surface area (Å²) in [5, 5.41) is 3.33. The van der Waals surface area contributed by atoms with Gasteiger partial charge >= 0.3 is 6.29 Å². The zero-order valence-corrected chi connectivity index (χ0v) is 14.1. The minimum Gasteiger partial charge on any atom is -0.395 e. The lowest BCUT2D eigenvalue weighted by Gasteiger charge is -2.35. The van der Waals surface area contributed by atoms with E-state index >= 15 is 0 Å². The van der Waals surface area contributed by atoms with Crippen LogP contribution in [0.15, 0.2) is 18.2 Å². The molecule has 0 radical (unpaired) electrons. The monoisotopic (exact) mass is 368 g/mol. The van der Waals surface area contributed by atoms with Gasteiger partial charge in [0.05, 0.1) is 0 Å². The van der Waals surface area contributed by atoms with Crippen LogP contribution in [-0.2, 0) is 0 Å². The van der Waals surface area contributed by atoms with Gasteiger partial charge in [-0.05, 0) is 24.8 Å². The molecule has 1 saturated carbocycles. The maximum Gasteiger partial charge on any atom is 0.586 e. The summed E-state index contributed by atoms with van der Waals surface area (Å²) in [5.41, 5.74) is 0.842. The number of nitrogens with zero attached hydrogens (tertiary/aromatic N) is 1. The van der Waals surface area contributed by atoms with Crippen molar-refractivity contribution in [1.29, 1.82) is 0 Å². The highest BCUT2D eigenvalue weighted by atomic mass is 35.5. The second kappa shape index (κ2) is 6.97. The average Bonchev–Trinajstić information content (AvgIpc) is 3.22. The van der Waals surface area contributed by atoms with E-state index in [2.05, 4.69) is 15.0 Å². The number of fused-ring (bicyclic) bond motifs is 1. The van der Waals surface area contributed by atoms with Crippen molar-refractivity contribution in [2.75, 3.05) is 26.2 Å². The Hall–Kier alpha value is -0.820. The first-order valence-electron chi connectivity index (χ1n) is 7.47. The second-order valence-electron chi connectivity index (χ2n) is 5.91. The highest BCUT2D eigenvalue weighted by Gasteiger charge is 2.47. The van der Waals surface area contributed by atoms with E-state index in [1.54, 1.807) is 12.1 Å². The summed E-state index contributed by atoms with van der Waals surface area (Å²) >= 11 is 0. The molecule has 0 unspecified atom stereocenters. The van der Waals surface area contributed by atoms with Crippen molar-refractivity contribution in [1.82, 2.24) is 10.2 Å². The second-order valence-corrected chi connectivity index (χ2v) is 5.91. The van der Waals surface area contributed by atoms with Gasteiger partial charge in [0.25, 0.3) is 0 Å². The molecule has 0 bridgehead atoms. The first-order valence-corrected chi connectivity index (χ1v) is 7.47. The molecule has 1 aromatic rings. The summed E-state index contributed by atoms with van der Waals surface area (Å²) in [6, 6.07) is 5.37. The van der Waals surface area contributed by atoms with Gasteiger partial charge in [-0.2, -0.15) is 0 Å². The molecule has 23 heavy (non-hydrogen) atoms. The van der Waals surface area contributed by atoms with Crippen LogP contribution in [0.25, 0.3) is 0 Å². The van der Waals surface area contributed by atoms with Gasteiger partial charge in [-0.1, -0.05) is 12.1 Å². The molecule has 1 aliphatic carbocycles. The van der Waals surface area contributed by atoms with Crippen LogP contribution in [0.1, 0.15) is 24.4 Å². The van der Waals surface area contributed by atoms with Crippen LogP contribution in [0.3, 0.4) is 0 Å². The third kappa shape index (κ3) is 3.65. The maximum atomic E-state index is 13.4. The summed E-state index contributed by atoms with van der Waals surface area (Å²) in [7, 11) is 0. The standard InChI is InChI=1S/C15H18F2N2O2.2ClH/c16-15(17)20-12-3-1-2-11(14(12)21-15)13(10-4-5-10)19-8-6-18-7-9-19;;/h1-3,10,13,18H,4-9H2;2*1H/t13-;;/m0../s1. The number of halogens is 4. The molecule has 2 aliphatic heterocycles. The molecule has 1 N–H and O–H groups in total. The maximum absolute atomic E-state index is 13.4. The molecule has 2 heterocycles. The Bertz CT molecular complexity index is 552. The predicted molar refractivity (Wildman–Crippen MR) is 87.0 cm³/mol. The lowest BCUT2D eigenvalue weighted by atomic mass is 9.98. The van der Waals surface area contributed by atoms with E-state index in [0.717, 1.165) is 44.6 Å². The number of hydrogen-bond donors (Lipinski definition) is 1. The van der Waals surface area contributed by atoms with Crippen LogP contribution in [0.2, 0.25) is 0 Å². The Morgan fingerprint density at radius 3 is 2.48 bits per heavy atom. The summed E-state index contributed by atoms with van der Waals surface area (Å²) in [5.74, 6) is 0.906. The molecule has 2 fully saturated rings. The summed E-state index contributed by atoms with van der Waals surface area (Å²) in [6.45, 7) is 3.74. The Morgan fingerprint density at radius 1 is 1.13 bits per heavy atom. The molecule has 1 atom stereocenters. The highest BCUT2D eigenvalue weighted by molar-refractivity contribution is 5.85. The quantitative estimate of drug-likeness (QED) is 0.887. The number of para-hydroxylation sites is 1. The minimum absolute atomic E-state index is 0. The number of nitrogens with one attached hydrogen (secondary N) is 1. The molecule has 3 aliphatic rings. The topological polar surface area (TPSA) is 33.7 Å². The lowest BCUT2D eigenvalue weighted by molar-refractivity contribution is -0.287. The predicted octanol–water partition coefficient (Wildman–Crippen LogP) is 3.21. The zero-order chi connectivity index (χ0) is 14.4. The van der Waals surface area contributed by atoms with Gasteiger partial charge in [-0.25, -0.2) is 0 Å². The number of piperazine rings is 1. The molecule has 4 nitrogen and oxygen atoms in total. The Kier molecular flexibility index (Phi) is 5.61. The molecule has 1 saturated heterocycles. The van der Waals surface area contributed by atoms with Crippen molar-refractivity contribution in [3.8, 4) is 11.5 Å². The molecule has 1 aromatic carbocycles. The summed E-state index contributed by atoms with van der Waals surface area (Å²) < 4.78 is 36.1. The molecule has 0 amide bonds. The molecule has 8 heteroatoms. The van der Waals surface area contributed by atoms with E-state index in [1.807, 2.05) is 6.07 Å². The fourth-order valence-electron chi connectivity index (χ4n) is 3.34. The minimum atomic E-state index is -3.55. The third-order valence-electron chi connectivity index (χ3n) is 4.39. The van der Waals surface area contributed by atoms with Gasteiger partial charge in [-0.3, -0.25) is 4.90 Å². The molecular weight excluding hydrogens is 349 g/mol. The molecule has 4 rings (SSSR count). The number of ether oxygens (including phenoxy) is 2. The first kappa shape index (κ1) is 18.5. The Morgan fingerprint density at radius 2 is 1.83 bits per heavy atom. The van der Waals surface area contributed by atoms with Crippen LogP contribution in [-0.4, -0.2) is 37.4 Å². The number of alkyl halides is 2. The van der Waals surface area contributed by atoms with Crippen molar-refractivity contribution in [2.24, 2.45) is 5.92 Å². The largest absolute Gasteiger partial charge is 0.586 e. The van der Waals surface area contributed by atoms with E-state index in [-0.39, 0.29) is 42.4 Å². The van der Waals surface area contributed by atoms with Crippen LogP contribution in [0, 0.1) is 5.92 Å². The van der Waals surface area contributed by atoms with Crippen molar-refractivity contribution in [3.05, 3.63) is 23.8 Å². The van der Waals surface area contributed by atoms with Gasteiger partial charge in [0.1, 0.15) is 0 Å². The average molecular weight is 369 g/mol. The van der Waals surface area contributed by atoms with E-state index in [0.29, 0.717) is 5.92 Å². The van der Waals surface area contributed by atoms with E-state index in [9.17, 15) is 8.78 Å². The third-order valence-corrected chi connectivity index (χ3v) is 4.39. The van der Waals surface area contributed by atoms with E-state index in [1.165, 1.54) is 0 Å². The van der Waals surface area contributed by atoms with Crippen LogP contribution in [0.4, 0.5) is 8.78 Å². The molecule has 0 spiro atoms. The van der Waals surface area contributed by atoms with E-state index in [4.69, 9.17) is 4.74 Å². The fourth-order valence-corrected chi connectivity index (χ4v) is 3.34. The lowest BCUT2D eigenvalue weighted by Crippen LogP contribution is -2.45. The smallest absolute Gasteiger partial charge is 0.395 e.